The summed E-state index contributed by atoms with van der Waals surface area (Å²) in [7, 11) is 0. The van der Waals surface area contributed by atoms with Gasteiger partial charge in [-0.3, -0.25) is 0 Å². The van der Waals surface area contributed by atoms with Gasteiger partial charge in [-0.05, 0) is 26.7 Å². The predicted octanol–water partition coefficient (Wildman–Crippen LogP) is 1.73. The first kappa shape index (κ1) is 12.9. The Labute approximate surface area is 113 Å². The van der Waals surface area contributed by atoms with Crippen LogP contribution < -0.4 is 0 Å². The Morgan fingerprint density at radius 2 is 2.26 bits per heavy atom. The molecule has 2 aliphatic heterocycles. The van der Waals surface area contributed by atoms with Gasteiger partial charge in [0.2, 0.25) is 0 Å². The number of aliphatic hydroxyl groups excluding tert-OH is 1. The molecule has 1 N–H and O–H groups in total. The molecule has 5 unspecified atom stereocenters. The maximum atomic E-state index is 11.7. The number of hydrogen-bond donors (Lipinski definition) is 1. The van der Waals surface area contributed by atoms with E-state index in [9.17, 15) is 9.90 Å². The van der Waals surface area contributed by atoms with Crippen LogP contribution in [0.4, 0.5) is 0 Å². The third kappa shape index (κ3) is 2.13. The van der Waals surface area contributed by atoms with E-state index in [2.05, 4.69) is 13.5 Å². The van der Waals surface area contributed by atoms with Crippen LogP contribution in [0.1, 0.15) is 33.1 Å². The molecule has 0 bridgehead atoms. The Balaban J connectivity index is 1.92. The number of carbonyl (C=O) groups excluding carboxylic acids is 1. The molecule has 0 radical (unpaired) electrons. The van der Waals surface area contributed by atoms with Crippen LogP contribution >= 0.6 is 0 Å². The molecular weight excluding hydrogens is 244 g/mol. The third-order valence-electron chi connectivity index (χ3n) is 4.59. The number of epoxide rings is 1. The molecule has 2 saturated heterocycles. The smallest absolute Gasteiger partial charge is 0.334 e. The molecule has 0 aromatic heterocycles. The summed E-state index contributed by atoms with van der Waals surface area (Å²) < 4.78 is 11.1. The van der Waals surface area contributed by atoms with Crippen molar-refractivity contribution in [2.24, 2.45) is 5.92 Å². The molecule has 0 aromatic carbocycles. The first-order valence-corrected chi connectivity index (χ1v) is 6.84. The Morgan fingerprint density at radius 3 is 3.00 bits per heavy atom. The lowest BCUT2D eigenvalue weighted by Gasteiger charge is -2.24. The average Bonchev–Trinajstić information content (AvgIpc) is 2.87. The van der Waals surface area contributed by atoms with E-state index in [-0.39, 0.29) is 29.7 Å². The SMILES string of the molecule is C=C1C(=O)OC2CC3(C)OC3CC/C(C)=C/C(O)C12. The molecule has 5 atom stereocenters. The Kier molecular flexibility index (Phi) is 2.84. The molecule has 1 aliphatic carbocycles. The number of allylic oxidation sites excluding steroid dienone is 1. The van der Waals surface area contributed by atoms with E-state index >= 15 is 0 Å². The van der Waals surface area contributed by atoms with Gasteiger partial charge in [0, 0.05) is 12.0 Å². The van der Waals surface area contributed by atoms with Crippen LogP contribution in [0.3, 0.4) is 0 Å². The maximum Gasteiger partial charge on any atom is 0.334 e. The van der Waals surface area contributed by atoms with Gasteiger partial charge in [-0.15, -0.1) is 0 Å². The molecule has 4 nitrogen and oxygen atoms in total. The summed E-state index contributed by atoms with van der Waals surface area (Å²) in [4.78, 5) is 11.7. The number of carbonyl (C=O) groups is 1. The molecule has 0 saturated carbocycles. The van der Waals surface area contributed by atoms with E-state index in [0.717, 1.165) is 18.4 Å². The van der Waals surface area contributed by atoms with Crippen molar-refractivity contribution in [3.8, 4) is 0 Å². The highest BCUT2D eigenvalue weighted by Gasteiger charge is 2.56. The van der Waals surface area contributed by atoms with E-state index in [1.54, 1.807) is 0 Å². The summed E-state index contributed by atoms with van der Waals surface area (Å²) in [6.45, 7) is 7.83. The highest BCUT2D eigenvalue weighted by Crippen LogP contribution is 2.47. The number of aliphatic hydroxyl groups is 1. The topological polar surface area (TPSA) is 59.1 Å². The zero-order chi connectivity index (χ0) is 13.8. The van der Waals surface area contributed by atoms with Crippen molar-refractivity contribution in [3.05, 3.63) is 23.8 Å². The normalized spacial score (nSPS) is 48.7. The van der Waals surface area contributed by atoms with Crippen LogP contribution in [0, 0.1) is 5.92 Å². The lowest BCUT2D eigenvalue weighted by Crippen LogP contribution is -2.32. The summed E-state index contributed by atoms with van der Waals surface area (Å²) in [6.07, 6.45) is 3.54. The van der Waals surface area contributed by atoms with Crippen LogP contribution in [0.25, 0.3) is 0 Å². The summed E-state index contributed by atoms with van der Waals surface area (Å²) in [5.74, 6) is -0.734. The Morgan fingerprint density at radius 1 is 1.53 bits per heavy atom. The first-order chi connectivity index (χ1) is 8.90. The monoisotopic (exact) mass is 264 g/mol. The zero-order valence-electron chi connectivity index (χ0n) is 11.4. The van der Waals surface area contributed by atoms with Crippen molar-refractivity contribution >= 4 is 5.97 Å². The van der Waals surface area contributed by atoms with Crippen LogP contribution in [-0.2, 0) is 14.3 Å². The van der Waals surface area contributed by atoms with Crippen molar-refractivity contribution in [2.45, 2.75) is 57.0 Å². The van der Waals surface area contributed by atoms with E-state index in [1.807, 2.05) is 13.0 Å². The van der Waals surface area contributed by atoms with Gasteiger partial charge in [0.05, 0.1) is 23.7 Å². The standard InChI is InChI=1S/C15H20O4/c1-8-4-5-12-15(3,19-12)7-11-13(10(16)6-8)9(2)14(17)18-11/h6,10-13,16H,2,4-5,7H2,1,3H3/b8-6+. The maximum absolute atomic E-state index is 11.7. The lowest BCUT2D eigenvalue weighted by atomic mass is 9.83. The molecule has 19 heavy (non-hydrogen) atoms. The minimum absolute atomic E-state index is 0.217. The van der Waals surface area contributed by atoms with Gasteiger partial charge in [0.1, 0.15) is 6.10 Å². The second-order valence-electron chi connectivity index (χ2n) is 6.16. The lowest BCUT2D eigenvalue weighted by molar-refractivity contribution is -0.140. The van der Waals surface area contributed by atoms with Crippen LogP contribution in [-0.4, -0.2) is 35.0 Å². The van der Waals surface area contributed by atoms with Crippen LogP contribution in [0.2, 0.25) is 0 Å². The number of hydrogen-bond acceptors (Lipinski definition) is 4. The molecule has 0 spiro atoms. The van der Waals surface area contributed by atoms with E-state index in [1.165, 1.54) is 0 Å². The van der Waals surface area contributed by atoms with Gasteiger partial charge in [-0.1, -0.05) is 18.2 Å². The fourth-order valence-corrected chi connectivity index (χ4v) is 3.31. The molecule has 3 aliphatic rings. The highest BCUT2D eigenvalue weighted by molar-refractivity contribution is 5.91. The average molecular weight is 264 g/mol. The van der Waals surface area contributed by atoms with Gasteiger partial charge in [0.25, 0.3) is 0 Å². The first-order valence-electron chi connectivity index (χ1n) is 6.84. The largest absolute Gasteiger partial charge is 0.458 e. The number of fused-ring (bicyclic) bond motifs is 2. The van der Waals surface area contributed by atoms with Gasteiger partial charge in [-0.25, -0.2) is 4.79 Å². The third-order valence-corrected chi connectivity index (χ3v) is 4.59. The Hall–Kier alpha value is -1.13. The van der Waals surface area contributed by atoms with Crippen molar-refractivity contribution in [1.29, 1.82) is 0 Å². The van der Waals surface area contributed by atoms with Gasteiger partial charge in [-0.2, -0.15) is 0 Å². The van der Waals surface area contributed by atoms with E-state index in [0.29, 0.717) is 12.0 Å². The molecule has 4 heteroatoms. The fraction of sp³-hybridized carbons (Fsp3) is 0.667. The van der Waals surface area contributed by atoms with Crippen molar-refractivity contribution in [2.75, 3.05) is 0 Å². The highest BCUT2D eigenvalue weighted by atomic mass is 16.6. The number of rotatable bonds is 0. The summed E-state index contributed by atoms with van der Waals surface area (Å²) in [5, 5.41) is 10.3. The minimum Gasteiger partial charge on any atom is -0.458 e. The molecule has 0 aromatic rings. The molecule has 2 fully saturated rings. The van der Waals surface area contributed by atoms with E-state index in [4.69, 9.17) is 9.47 Å². The van der Waals surface area contributed by atoms with Gasteiger partial charge in [0.15, 0.2) is 0 Å². The second kappa shape index (κ2) is 4.18. The predicted molar refractivity (Wildman–Crippen MR) is 69.4 cm³/mol. The van der Waals surface area contributed by atoms with E-state index < -0.39 is 6.10 Å². The summed E-state index contributed by atoms with van der Waals surface area (Å²) >= 11 is 0. The molecule has 104 valence electrons. The van der Waals surface area contributed by atoms with Crippen molar-refractivity contribution in [3.63, 3.8) is 0 Å². The fourth-order valence-electron chi connectivity index (χ4n) is 3.31. The number of esters is 1. The van der Waals surface area contributed by atoms with Crippen molar-refractivity contribution in [1.82, 2.24) is 0 Å². The minimum atomic E-state index is -0.706. The summed E-state index contributed by atoms with van der Waals surface area (Å²) in [6, 6.07) is 0. The molecular formula is C15H20O4. The Bertz CT molecular complexity index is 467. The zero-order valence-corrected chi connectivity index (χ0v) is 11.4. The van der Waals surface area contributed by atoms with Crippen LogP contribution in [0.15, 0.2) is 23.8 Å². The molecule has 0 amide bonds. The van der Waals surface area contributed by atoms with Crippen molar-refractivity contribution < 1.29 is 19.4 Å². The van der Waals surface area contributed by atoms with Crippen LogP contribution in [0.5, 0.6) is 0 Å². The quantitative estimate of drug-likeness (QED) is 0.313. The second-order valence-corrected chi connectivity index (χ2v) is 6.16. The summed E-state index contributed by atoms with van der Waals surface area (Å²) in [5.41, 5.74) is 1.28. The van der Waals surface area contributed by atoms with Gasteiger partial charge < -0.3 is 14.6 Å². The van der Waals surface area contributed by atoms with Gasteiger partial charge >= 0.3 is 5.97 Å². The molecule has 2 heterocycles. The molecule has 3 rings (SSSR count). The number of ether oxygens (including phenoxy) is 2.